The van der Waals surface area contributed by atoms with Gasteiger partial charge in [-0.15, -0.1) is 5.10 Å². The van der Waals surface area contributed by atoms with Gasteiger partial charge in [0.2, 0.25) is 11.8 Å². The molecule has 4 aromatic rings. The Balaban J connectivity index is 1.29. The van der Waals surface area contributed by atoms with E-state index in [2.05, 4.69) is 52.6 Å². The van der Waals surface area contributed by atoms with Crippen LogP contribution < -0.4 is 15.4 Å². The van der Waals surface area contributed by atoms with Gasteiger partial charge in [-0.1, -0.05) is 49.0 Å². The summed E-state index contributed by atoms with van der Waals surface area (Å²) in [7, 11) is 1.62. The number of nitrogens with zero attached hydrogens (tertiary/aromatic N) is 4. The van der Waals surface area contributed by atoms with Gasteiger partial charge in [-0.2, -0.15) is 0 Å². The molecule has 2 aromatic heterocycles. The van der Waals surface area contributed by atoms with Crippen LogP contribution in [0.15, 0.2) is 73.3 Å². The van der Waals surface area contributed by atoms with Crippen LogP contribution >= 0.6 is 0 Å². The van der Waals surface area contributed by atoms with Crippen molar-refractivity contribution in [2.24, 2.45) is 0 Å². The van der Waals surface area contributed by atoms with Crippen molar-refractivity contribution in [3.63, 3.8) is 0 Å². The lowest BCUT2D eigenvalue weighted by Gasteiger charge is -2.33. The summed E-state index contributed by atoms with van der Waals surface area (Å²) >= 11 is 0. The summed E-state index contributed by atoms with van der Waals surface area (Å²) in [6.07, 6.45) is 3.30. The first-order chi connectivity index (χ1) is 18.1. The lowest BCUT2D eigenvalue weighted by molar-refractivity contribution is -0.127. The molecule has 0 unspecified atom stereocenters. The standard InChI is InChI=1S/C29H30N6O2/c1-3-27(36)34-15-13-21(14-16-34)31-24-18-30-23-17-20(9-10-22(23)24)28-29(19-7-5-4-6-8-19)35-25(32-28)11-12-26(33-35)37-2/h3-12,17,21,24,30-31H,1,13-16,18H2,2H3/t24-/m1/s1. The average molecular weight is 495 g/mol. The van der Waals surface area contributed by atoms with Crippen LogP contribution in [0.1, 0.15) is 24.4 Å². The van der Waals surface area contributed by atoms with Crippen LogP contribution in [-0.2, 0) is 4.79 Å². The second-order valence-electron chi connectivity index (χ2n) is 9.53. The van der Waals surface area contributed by atoms with Crippen LogP contribution in [0.25, 0.3) is 28.2 Å². The van der Waals surface area contributed by atoms with Gasteiger partial charge in [-0.3, -0.25) is 4.79 Å². The molecule has 0 spiro atoms. The first kappa shape index (κ1) is 23.2. The van der Waals surface area contributed by atoms with Crippen molar-refractivity contribution in [2.75, 3.05) is 32.1 Å². The monoisotopic (exact) mass is 494 g/mol. The van der Waals surface area contributed by atoms with Gasteiger partial charge >= 0.3 is 0 Å². The van der Waals surface area contributed by atoms with E-state index in [9.17, 15) is 4.79 Å². The van der Waals surface area contributed by atoms with Crippen LogP contribution in [0.3, 0.4) is 0 Å². The Morgan fingerprint density at radius 2 is 1.92 bits per heavy atom. The van der Waals surface area contributed by atoms with Gasteiger partial charge in [0.15, 0.2) is 5.65 Å². The van der Waals surface area contributed by atoms with Crippen LogP contribution in [0.5, 0.6) is 5.88 Å². The van der Waals surface area contributed by atoms with Gasteiger partial charge in [0.05, 0.1) is 18.8 Å². The molecule has 1 saturated heterocycles. The number of amides is 1. The highest BCUT2D eigenvalue weighted by molar-refractivity contribution is 5.87. The van der Waals surface area contributed by atoms with E-state index >= 15 is 0 Å². The number of hydrogen-bond donors (Lipinski definition) is 2. The summed E-state index contributed by atoms with van der Waals surface area (Å²) in [4.78, 5) is 18.7. The van der Waals surface area contributed by atoms with E-state index in [-0.39, 0.29) is 11.9 Å². The molecular formula is C29H30N6O2. The van der Waals surface area contributed by atoms with Crippen molar-refractivity contribution in [3.8, 4) is 28.4 Å². The minimum atomic E-state index is 0.0225. The fourth-order valence-electron chi connectivity index (χ4n) is 5.39. The normalized spacial score (nSPS) is 17.4. The predicted octanol–water partition coefficient (Wildman–Crippen LogP) is 4.31. The molecule has 2 aromatic carbocycles. The number of carbonyl (C=O) groups is 1. The number of imidazole rings is 1. The van der Waals surface area contributed by atoms with E-state index in [0.717, 1.165) is 66.3 Å². The Hall–Kier alpha value is -4.17. The van der Waals surface area contributed by atoms with Crippen molar-refractivity contribution in [1.82, 2.24) is 24.8 Å². The Morgan fingerprint density at radius 1 is 1.11 bits per heavy atom. The van der Waals surface area contributed by atoms with Gasteiger partial charge in [-0.25, -0.2) is 9.50 Å². The van der Waals surface area contributed by atoms with Gasteiger partial charge in [0.1, 0.15) is 5.69 Å². The van der Waals surface area contributed by atoms with Crippen molar-refractivity contribution >= 4 is 17.2 Å². The first-order valence-corrected chi connectivity index (χ1v) is 12.7. The van der Waals surface area contributed by atoms with E-state index < -0.39 is 0 Å². The van der Waals surface area contributed by atoms with Crippen molar-refractivity contribution < 1.29 is 9.53 Å². The number of carbonyl (C=O) groups excluding carboxylic acids is 1. The fraction of sp³-hybridized carbons (Fsp3) is 0.276. The number of fused-ring (bicyclic) bond motifs is 2. The number of nitrogens with one attached hydrogen (secondary N) is 2. The number of likely N-dealkylation sites (tertiary alicyclic amines) is 1. The van der Waals surface area contributed by atoms with Crippen molar-refractivity contribution in [1.29, 1.82) is 0 Å². The SMILES string of the molecule is C=CC(=O)N1CCC(N[C@@H]2CNc3cc(-c4nc5ccc(OC)nn5c4-c4ccccc4)ccc32)CC1. The fourth-order valence-corrected chi connectivity index (χ4v) is 5.39. The summed E-state index contributed by atoms with van der Waals surface area (Å²) in [5, 5.41) is 12.1. The third-order valence-electron chi connectivity index (χ3n) is 7.33. The third kappa shape index (κ3) is 4.34. The third-order valence-corrected chi connectivity index (χ3v) is 7.33. The molecule has 1 fully saturated rings. The number of methoxy groups -OCH3 is 1. The van der Waals surface area contributed by atoms with Crippen LogP contribution in [-0.4, -0.2) is 58.2 Å². The topological polar surface area (TPSA) is 83.8 Å². The Labute approximate surface area is 216 Å². The molecule has 4 heterocycles. The maximum atomic E-state index is 11.9. The molecule has 1 atom stereocenters. The summed E-state index contributed by atoms with van der Waals surface area (Å²) in [6.45, 7) is 5.97. The predicted molar refractivity (Wildman–Crippen MR) is 145 cm³/mol. The van der Waals surface area contributed by atoms with E-state index in [1.807, 2.05) is 39.7 Å². The molecule has 2 aliphatic heterocycles. The van der Waals surface area contributed by atoms with E-state index in [1.165, 1.54) is 11.6 Å². The van der Waals surface area contributed by atoms with Gasteiger partial charge < -0.3 is 20.3 Å². The maximum absolute atomic E-state index is 11.9. The van der Waals surface area contributed by atoms with Gasteiger partial charge in [0, 0.05) is 48.6 Å². The molecule has 0 radical (unpaired) electrons. The number of rotatable bonds is 6. The molecule has 0 bridgehead atoms. The molecular weight excluding hydrogens is 464 g/mol. The first-order valence-electron chi connectivity index (χ1n) is 12.7. The summed E-state index contributed by atoms with van der Waals surface area (Å²) in [5.74, 6) is 0.562. The molecule has 0 aliphatic carbocycles. The number of hydrogen-bond acceptors (Lipinski definition) is 6. The molecule has 37 heavy (non-hydrogen) atoms. The molecule has 2 N–H and O–H groups in total. The van der Waals surface area contributed by atoms with E-state index in [0.29, 0.717) is 11.9 Å². The quantitative estimate of drug-likeness (QED) is 0.389. The zero-order chi connectivity index (χ0) is 25.4. The average Bonchev–Trinajstić information content (AvgIpc) is 3.54. The number of aromatic nitrogens is 3. The summed E-state index contributed by atoms with van der Waals surface area (Å²) in [5.41, 5.74) is 7.04. The summed E-state index contributed by atoms with van der Waals surface area (Å²) < 4.78 is 7.24. The van der Waals surface area contributed by atoms with Crippen molar-refractivity contribution in [2.45, 2.75) is 24.9 Å². The smallest absolute Gasteiger partial charge is 0.245 e. The van der Waals surface area contributed by atoms with E-state index in [4.69, 9.17) is 9.72 Å². The maximum Gasteiger partial charge on any atom is 0.245 e. The second kappa shape index (κ2) is 9.71. The Kier molecular flexibility index (Phi) is 6.10. The zero-order valence-corrected chi connectivity index (χ0v) is 20.9. The highest BCUT2D eigenvalue weighted by atomic mass is 16.5. The molecule has 1 amide bonds. The minimum absolute atomic E-state index is 0.0225. The molecule has 6 rings (SSSR count). The molecule has 8 nitrogen and oxygen atoms in total. The number of anilines is 1. The lowest BCUT2D eigenvalue weighted by Crippen LogP contribution is -2.45. The van der Waals surface area contributed by atoms with Crippen LogP contribution in [0, 0.1) is 0 Å². The molecule has 0 saturated carbocycles. The molecule has 8 heteroatoms. The van der Waals surface area contributed by atoms with Gasteiger partial charge in [0.25, 0.3) is 0 Å². The second-order valence-corrected chi connectivity index (χ2v) is 9.53. The Bertz CT molecular complexity index is 1460. The number of piperidine rings is 1. The summed E-state index contributed by atoms with van der Waals surface area (Å²) in [6, 6.07) is 21.1. The molecule has 188 valence electrons. The number of ether oxygens (including phenoxy) is 1. The highest BCUT2D eigenvalue weighted by Gasteiger charge is 2.28. The van der Waals surface area contributed by atoms with Gasteiger partial charge in [-0.05, 0) is 36.6 Å². The Morgan fingerprint density at radius 3 is 2.68 bits per heavy atom. The van der Waals surface area contributed by atoms with E-state index in [1.54, 1.807) is 7.11 Å². The zero-order valence-electron chi connectivity index (χ0n) is 20.9. The van der Waals surface area contributed by atoms with Crippen LogP contribution in [0.4, 0.5) is 5.69 Å². The molecule has 2 aliphatic rings. The minimum Gasteiger partial charge on any atom is -0.480 e. The number of benzene rings is 2. The van der Waals surface area contributed by atoms with Crippen LogP contribution in [0.2, 0.25) is 0 Å². The van der Waals surface area contributed by atoms with Crippen molar-refractivity contribution in [3.05, 3.63) is 78.9 Å². The lowest BCUT2D eigenvalue weighted by atomic mass is 9.99. The largest absolute Gasteiger partial charge is 0.480 e. The highest BCUT2D eigenvalue weighted by Crippen LogP contribution is 2.38.